The molecule has 0 spiro atoms. The fourth-order valence-corrected chi connectivity index (χ4v) is 10.4. The summed E-state index contributed by atoms with van der Waals surface area (Å²) in [6.07, 6.45) is 0. The first-order chi connectivity index (χ1) is 37.6. The number of benzene rings is 11. The highest BCUT2D eigenvalue weighted by Crippen LogP contribution is 2.43. The van der Waals surface area contributed by atoms with Gasteiger partial charge in [0.05, 0.1) is 22.4 Å². The van der Waals surface area contributed by atoms with Gasteiger partial charge in [-0.15, -0.1) is 0 Å². The largest absolute Gasteiger partial charge is 0.310 e. The quantitative estimate of drug-likeness (QED) is 0.122. The molecule has 0 aliphatic carbocycles. The van der Waals surface area contributed by atoms with E-state index >= 15 is 0 Å². The van der Waals surface area contributed by atoms with E-state index in [-0.39, 0.29) is 0 Å². The van der Waals surface area contributed by atoms with Gasteiger partial charge in [-0.25, -0.2) is 9.97 Å². The van der Waals surface area contributed by atoms with Gasteiger partial charge >= 0.3 is 0 Å². The number of rotatable bonds is 12. The number of fused-ring (bicyclic) bond motifs is 3. The van der Waals surface area contributed by atoms with Crippen LogP contribution in [-0.2, 0) is 0 Å². The van der Waals surface area contributed by atoms with E-state index in [1.165, 1.54) is 16.3 Å². The summed E-state index contributed by atoms with van der Waals surface area (Å²) in [7, 11) is 0. The van der Waals surface area contributed by atoms with Gasteiger partial charge in [0.1, 0.15) is 0 Å². The topological polar surface area (TPSA) is 37.2 Å². The van der Waals surface area contributed by atoms with E-state index in [2.05, 4.69) is 276 Å². The Hall–Kier alpha value is -10.1. The maximum absolute atomic E-state index is 5.05. The van der Waals surface area contributed by atoms with Crippen molar-refractivity contribution in [3.63, 3.8) is 0 Å². The lowest BCUT2D eigenvalue weighted by molar-refractivity contribution is 1.18. The standard InChI is InChI=1S/C71H51N5/c1-50-27-39-61(40-28-50)75(60-25-15-6-16-26-60)64-44-46-70-66(48-64)65-47-63(74(58-21-11-4-12-22-58)59-23-13-5-14-24-59)43-45-69(65)76(70)62-41-37-54(38-42-62)52-31-29-51(30-32-52)53-33-35-56(36-34-53)68-49-67(55-17-7-2-8-18-55)72-71(73-68)57-19-9-3-10-20-57/h2-49H,1H3. The average molecular weight is 974 g/mol. The Morgan fingerprint density at radius 1 is 0.276 bits per heavy atom. The molecular weight excluding hydrogens is 923 g/mol. The van der Waals surface area contributed by atoms with Crippen molar-refractivity contribution in [2.75, 3.05) is 9.80 Å². The third-order valence-electron chi connectivity index (χ3n) is 14.3. The van der Waals surface area contributed by atoms with Gasteiger partial charge in [-0.05, 0) is 132 Å². The summed E-state index contributed by atoms with van der Waals surface area (Å²) in [6, 6.07) is 104. The highest BCUT2D eigenvalue weighted by molar-refractivity contribution is 6.12. The summed E-state index contributed by atoms with van der Waals surface area (Å²) >= 11 is 0. The maximum atomic E-state index is 5.05. The van der Waals surface area contributed by atoms with E-state index < -0.39 is 0 Å². The molecule has 76 heavy (non-hydrogen) atoms. The molecule has 0 atom stereocenters. The Labute approximate surface area is 443 Å². The van der Waals surface area contributed by atoms with Crippen LogP contribution < -0.4 is 9.80 Å². The van der Waals surface area contributed by atoms with Crippen LogP contribution in [0.1, 0.15) is 5.56 Å². The highest BCUT2D eigenvalue weighted by Gasteiger charge is 2.21. The van der Waals surface area contributed by atoms with Crippen molar-refractivity contribution in [2.45, 2.75) is 6.92 Å². The minimum atomic E-state index is 0.710. The molecule has 13 rings (SSSR count). The van der Waals surface area contributed by atoms with Gasteiger partial charge in [-0.2, -0.15) is 0 Å². The van der Waals surface area contributed by atoms with Crippen molar-refractivity contribution in [3.05, 3.63) is 297 Å². The summed E-state index contributed by atoms with van der Waals surface area (Å²) in [4.78, 5) is 14.7. The van der Waals surface area contributed by atoms with E-state index in [4.69, 9.17) is 9.97 Å². The summed E-state index contributed by atoms with van der Waals surface area (Å²) in [6.45, 7) is 2.14. The second kappa shape index (κ2) is 20.1. The van der Waals surface area contributed by atoms with E-state index in [1.54, 1.807) is 0 Å². The molecule has 0 fully saturated rings. The molecule has 5 nitrogen and oxygen atoms in total. The Balaban J connectivity index is 0.848. The zero-order valence-corrected chi connectivity index (χ0v) is 41.9. The van der Waals surface area contributed by atoms with Crippen molar-refractivity contribution >= 4 is 55.9 Å². The molecule has 2 aromatic heterocycles. The zero-order chi connectivity index (χ0) is 50.8. The third kappa shape index (κ3) is 8.97. The van der Waals surface area contributed by atoms with Gasteiger partial charge in [0.2, 0.25) is 0 Å². The second-order valence-corrected chi connectivity index (χ2v) is 19.1. The number of anilines is 6. The summed E-state index contributed by atoms with van der Waals surface area (Å²) in [5, 5.41) is 2.34. The summed E-state index contributed by atoms with van der Waals surface area (Å²) < 4.78 is 2.41. The zero-order valence-electron chi connectivity index (χ0n) is 41.9. The van der Waals surface area contributed by atoms with Crippen LogP contribution in [0.2, 0.25) is 0 Å². The van der Waals surface area contributed by atoms with Crippen molar-refractivity contribution in [2.24, 2.45) is 0 Å². The monoisotopic (exact) mass is 973 g/mol. The van der Waals surface area contributed by atoms with Crippen LogP contribution >= 0.6 is 0 Å². The molecule has 0 bridgehead atoms. The Morgan fingerprint density at radius 3 is 1.03 bits per heavy atom. The molecule has 11 aromatic carbocycles. The van der Waals surface area contributed by atoms with Gasteiger partial charge < -0.3 is 14.4 Å². The molecular formula is C71H51N5. The van der Waals surface area contributed by atoms with Gasteiger partial charge in [0.15, 0.2) is 5.82 Å². The maximum Gasteiger partial charge on any atom is 0.160 e. The Kier molecular flexibility index (Phi) is 12.1. The van der Waals surface area contributed by atoms with Gasteiger partial charge in [0.25, 0.3) is 0 Å². The van der Waals surface area contributed by atoms with Crippen molar-refractivity contribution in [3.8, 4) is 61.8 Å². The molecule has 0 unspecified atom stereocenters. The van der Waals surface area contributed by atoms with Crippen molar-refractivity contribution in [1.82, 2.24) is 14.5 Å². The number of hydrogen-bond acceptors (Lipinski definition) is 4. The lowest BCUT2D eigenvalue weighted by atomic mass is 9.98. The van der Waals surface area contributed by atoms with Crippen molar-refractivity contribution < 1.29 is 0 Å². The van der Waals surface area contributed by atoms with Crippen LogP contribution in [0.3, 0.4) is 0 Å². The van der Waals surface area contributed by atoms with E-state index in [9.17, 15) is 0 Å². The average Bonchev–Trinajstić information content (AvgIpc) is 3.82. The second-order valence-electron chi connectivity index (χ2n) is 19.1. The van der Waals surface area contributed by atoms with Crippen LogP contribution in [0.25, 0.3) is 83.6 Å². The predicted octanol–water partition coefficient (Wildman–Crippen LogP) is 19.2. The summed E-state index contributed by atoms with van der Waals surface area (Å²) in [5.41, 5.74) is 20.7. The molecule has 0 saturated heterocycles. The SMILES string of the molecule is Cc1ccc(N(c2ccccc2)c2ccc3c(c2)c2cc(N(c4ccccc4)c4ccccc4)ccc2n3-c2ccc(-c3ccc(-c4ccc(-c5cc(-c6ccccc6)nc(-c6ccccc6)n5)cc4)cc3)cc2)cc1. The lowest BCUT2D eigenvalue weighted by Gasteiger charge is -2.26. The molecule has 5 heteroatoms. The molecule has 0 saturated carbocycles. The van der Waals surface area contributed by atoms with Crippen LogP contribution in [0.15, 0.2) is 291 Å². The molecule has 13 aromatic rings. The first-order valence-corrected chi connectivity index (χ1v) is 25.8. The number of aromatic nitrogens is 3. The fourth-order valence-electron chi connectivity index (χ4n) is 10.4. The van der Waals surface area contributed by atoms with Gasteiger partial charge in [-0.3, -0.25) is 0 Å². The Bertz CT molecular complexity index is 4010. The van der Waals surface area contributed by atoms with Gasteiger partial charge in [0, 0.05) is 67.3 Å². The molecule has 0 N–H and O–H groups in total. The lowest BCUT2D eigenvalue weighted by Crippen LogP contribution is -2.09. The molecule has 0 amide bonds. The number of aryl methyl sites for hydroxylation is 1. The van der Waals surface area contributed by atoms with E-state index in [0.717, 1.165) is 101 Å². The Morgan fingerprint density at radius 2 is 0.605 bits per heavy atom. The van der Waals surface area contributed by atoms with E-state index in [0.29, 0.717) is 5.82 Å². The van der Waals surface area contributed by atoms with Crippen LogP contribution in [0.4, 0.5) is 34.1 Å². The summed E-state index contributed by atoms with van der Waals surface area (Å²) in [5.74, 6) is 0.710. The highest BCUT2D eigenvalue weighted by atomic mass is 15.1. The molecule has 0 radical (unpaired) electrons. The van der Waals surface area contributed by atoms with Crippen LogP contribution in [0.5, 0.6) is 0 Å². The molecule has 0 aliphatic heterocycles. The molecule has 2 heterocycles. The third-order valence-corrected chi connectivity index (χ3v) is 14.3. The van der Waals surface area contributed by atoms with Crippen LogP contribution in [-0.4, -0.2) is 14.5 Å². The number of para-hydroxylation sites is 3. The molecule has 0 aliphatic rings. The normalized spacial score (nSPS) is 11.2. The van der Waals surface area contributed by atoms with Crippen LogP contribution in [0, 0.1) is 6.92 Å². The molecule has 360 valence electrons. The van der Waals surface area contributed by atoms with E-state index in [1.807, 2.05) is 36.4 Å². The predicted molar refractivity (Wildman–Crippen MR) is 318 cm³/mol. The first kappa shape index (κ1) is 45.7. The smallest absolute Gasteiger partial charge is 0.160 e. The number of nitrogens with zero attached hydrogens (tertiary/aromatic N) is 5. The fraction of sp³-hybridized carbons (Fsp3) is 0.0141. The van der Waals surface area contributed by atoms with Crippen molar-refractivity contribution in [1.29, 1.82) is 0 Å². The van der Waals surface area contributed by atoms with Gasteiger partial charge in [-0.1, -0.05) is 194 Å². The first-order valence-electron chi connectivity index (χ1n) is 25.8. The minimum absolute atomic E-state index is 0.710. The number of hydrogen-bond donors (Lipinski definition) is 0. The minimum Gasteiger partial charge on any atom is -0.310 e.